The number of nitrogens with zero attached hydrogens (tertiary/aromatic N) is 1. The summed E-state index contributed by atoms with van der Waals surface area (Å²) in [6.07, 6.45) is 1.69. The number of carbonyl (C=O) groups is 1. The lowest BCUT2D eigenvalue weighted by Crippen LogP contribution is -2.11. The largest absolute Gasteiger partial charge is 0.451 e. The van der Waals surface area contributed by atoms with Gasteiger partial charge in [0.2, 0.25) is 0 Å². The van der Waals surface area contributed by atoms with E-state index < -0.39 is 0 Å². The average Bonchev–Trinajstić information content (AvgIpc) is 2.84. The van der Waals surface area contributed by atoms with Crippen molar-refractivity contribution in [3.05, 3.63) is 57.5 Å². The van der Waals surface area contributed by atoms with Gasteiger partial charge in [0.1, 0.15) is 11.4 Å². The first-order valence-corrected chi connectivity index (χ1v) is 7.13. The Labute approximate surface area is 129 Å². The highest BCUT2D eigenvalue weighted by atomic mass is 127. The highest BCUT2D eigenvalue weighted by molar-refractivity contribution is 14.1. The standard InChI is InChI=1S/C15H11IN2O2/c1-9-2-4-12-10(6-9)7-13(20-12)15(19)18-14-5-3-11(16)8-17-14/h2-8H,1H3,(H,17,18,19). The van der Waals surface area contributed by atoms with E-state index in [-0.39, 0.29) is 11.7 Å². The first kappa shape index (κ1) is 13.1. The van der Waals surface area contributed by atoms with Gasteiger partial charge in [-0.1, -0.05) is 11.6 Å². The Balaban J connectivity index is 1.86. The van der Waals surface area contributed by atoms with Crippen LogP contribution >= 0.6 is 22.6 Å². The number of fused-ring (bicyclic) bond motifs is 1. The fourth-order valence-corrected chi connectivity index (χ4v) is 2.22. The summed E-state index contributed by atoms with van der Waals surface area (Å²) in [6, 6.07) is 11.2. The van der Waals surface area contributed by atoms with Crippen LogP contribution in [0.1, 0.15) is 16.1 Å². The zero-order valence-corrected chi connectivity index (χ0v) is 12.8. The highest BCUT2D eigenvalue weighted by Crippen LogP contribution is 2.21. The molecule has 2 heterocycles. The molecule has 0 saturated heterocycles. The van der Waals surface area contributed by atoms with Crippen molar-refractivity contribution in [2.45, 2.75) is 6.92 Å². The maximum atomic E-state index is 12.1. The lowest BCUT2D eigenvalue weighted by Gasteiger charge is -2.01. The molecule has 0 spiro atoms. The number of benzene rings is 1. The summed E-state index contributed by atoms with van der Waals surface area (Å²) in [6.45, 7) is 2.00. The number of nitrogens with one attached hydrogen (secondary N) is 1. The summed E-state index contributed by atoms with van der Waals surface area (Å²) in [5.74, 6) is 0.491. The average molecular weight is 378 g/mol. The first-order valence-electron chi connectivity index (χ1n) is 6.05. The minimum absolute atomic E-state index is 0.283. The number of aryl methyl sites for hydroxylation is 1. The molecule has 0 aliphatic rings. The van der Waals surface area contributed by atoms with Gasteiger partial charge in [0.05, 0.1) is 0 Å². The molecule has 20 heavy (non-hydrogen) atoms. The molecule has 1 amide bonds. The predicted molar refractivity (Wildman–Crippen MR) is 85.9 cm³/mol. The molecule has 1 aromatic carbocycles. The van der Waals surface area contributed by atoms with Gasteiger partial charge in [-0.05, 0) is 59.8 Å². The fourth-order valence-electron chi connectivity index (χ4n) is 1.90. The second-order valence-electron chi connectivity index (χ2n) is 4.47. The fraction of sp³-hybridized carbons (Fsp3) is 0.0667. The van der Waals surface area contributed by atoms with Crippen molar-refractivity contribution in [1.29, 1.82) is 0 Å². The Morgan fingerprint density at radius 2 is 2.10 bits per heavy atom. The number of halogens is 1. The van der Waals surface area contributed by atoms with Gasteiger partial charge in [-0.15, -0.1) is 0 Å². The van der Waals surface area contributed by atoms with Gasteiger partial charge >= 0.3 is 0 Å². The molecule has 1 N–H and O–H groups in total. The van der Waals surface area contributed by atoms with Gasteiger partial charge < -0.3 is 9.73 Å². The summed E-state index contributed by atoms with van der Waals surface area (Å²) < 4.78 is 6.55. The molecule has 0 atom stereocenters. The molecule has 3 aromatic rings. The molecule has 5 heteroatoms. The third-order valence-electron chi connectivity index (χ3n) is 2.86. The van der Waals surface area contributed by atoms with Crippen molar-refractivity contribution in [3.63, 3.8) is 0 Å². The molecule has 2 aromatic heterocycles. The highest BCUT2D eigenvalue weighted by Gasteiger charge is 2.13. The maximum Gasteiger partial charge on any atom is 0.292 e. The number of pyridine rings is 1. The zero-order valence-electron chi connectivity index (χ0n) is 10.7. The molecule has 4 nitrogen and oxygen atoms in total. The van der Waals surface area contributed by atoms with Crippen LogP contribution in [-0.4, -0.2) is 10.9 Å². The lowest BCUT2D eigenvalue weighted by atomic mass is 10.2. The third-order valence-corrected chi connectivity index (χ3v) is 3.50. The summed E-state index contributed by atoms with van der Waals surface area (Å²) >= 11 is 2.16. The van der Waals surface area contributed by atoms with Gasteiger partial charge in [0.25, 0.3) is 5.91 Å². The van der Waals surface area contributed by atoms with Crippen molar-refractivity contribution in [2.24, 2.45) is 0 Å². The Kier molecular flexibility index (Phi) is 3.43. The quantitative estimate of drug-likeness (QED) is 0.686. The number of amides is 1. The van der Waals surface area contributed by atoms with Crippen LogP contribution in [0.4, 0.5) is 5.82 Å². The van der Waals surface area contributed by atoms with E-state index in [0.29, 0.717) is 11.4 Å². The van der Waals surface area contributed by atoms with E-state index in [9.17, 15) is 4.79 Å². The number of aromatic nitrogens is 1. The smallest absolute Gasteiger partial charge is 0.292 e. The van der Waals surface area contributed by atoms with Crippen molar-refractivity contribution in [3.8, 4) is 0 Å². The summed E-state index contributed by atoms with van der Waals surface area (Å²) in [7, 11) is 0. The van der Waals surface area contributed by atoms with Crippen molar-refractivity contribution >= 4 is 45.3 Å². The molecule has 0 bridgehead atoms. The van der Waals surface area contributed by atoms with Crippen molar-refractivity contribution in [1.82, 2.24) is 4.98 Å². The topological polar surface area (TPSA) is 55.1 Å². The second kappa shape index (κ2) is 5.24. The normalized spacial score (nSPS) is 10.7. The molecule has 0 aliphatic carbocycles. The Hall–Kier alpha value is -1.89. The van der Waals surface area contributed by atoms with Gasteiger partial charge in [-0.3, -0.25) is 4.79 Å². The van der Waals surface area contributed by atoms with Crippen LogP contribution in [0.3, 0.4) is 0 Å². The van der Waals surface area contributed by atoms with Gasteiger partial charge in [0.15, 0.2) is 5.76 Å². The Morgan fingerprint density at radius 3 is 2.85 bits per heavy atom. The van der Waals surface area contributed by atoms with Crippen LogP contribution in [0.25, 0.3) is 11.0 Å². The van der Waals surface area contributed by atoms with E-state index >= 15 is 0 Å². The minimum Gasteiger partial charge on any atom is -0.451 e. The van der Waals surface area contributed by atoms with Crippen LogP contribution in [0, 0.1) is 10.5 Å². The third kappa shape index (κ3) is 2.67. The lowest BCUT2D eigenvalue weighted by molar-refractivity contribution is 0.0998. The van der Waals surface area contributed by atoms with E-state index in [1.165, 1.54) is 0 Å². The van der Waals surface area contributed by atoms with Gasteiger partial charge in [-0.25, -0.2) is 4.98 Å². The molecule has 0 radical (unpaired) electrons. The number of hydrogen-bond acceptors (Lipinski definition) is 3. The van der Waals surface area contributed by atoms with Crippen LogP contribution in [0.2, 0.25) is 0 Å². The van der Waals surface area contributed by atoms with Crippen LogP contribution in [0.5, 0.6) is 0 Å². The van der Waals surface area contributed by atoms with E-state index in [1.807, 2.05) is 31.2 Å². The number of carbonyl (C=O) groups excluding carboxylic acids is 1. The van der Waals surface area contributed by atoms with E-state index in [0.717, 1.165) is 14.5 Å². The van der Waals surface area contributed by atoms with Gasteiger partial charge in [0, 0.05) is 15.2 Å². The zero-order chi connectivity index (χ0) is 14.1. The molecular formula is C15H11IN2O2. The van der Waals surface area contributed by atoms with E-state index in [2.05, 4.69) is 32.9 Å². The first-order chi connectivity index (χ1) is 9.61. The molecule has 0 fully saturated rings. The summed E-state index contributed by atoms with van der Waals surface area (Å²) in [5.41, 5.74) is 1.83. The van der Waals surface area contributed by atoms with E-state index in [4.69, 9.17) is 4.42 Å². The molecule has 0 saturated carbocycles. The molecule has 0 aliphatic heterocycles. The van der Waals surface area contributed by atoms with Crippen LogP contribution < -0.4 is 5.32 Å². The number of hydrogen-bond donors (Lipinski definition) is 1. The van der Waals surface area contributed by atoms with Crippen LogP contribution in [0.15, 0.2) is 47.0 Å². The summed E-state index contributed by atoms with van der Waals surface area (Å²) in [5, 5.41) is 3.64. The Morgan fingerprint density at radius 1 is 1.25 bits per heavy atom. The van der Waals surface area contributed by atoms with E-state index in [1.54, 1.807) is 18.3 Å². The second-order valence-corrected chi connectivity index (χ2v) is 5.71. The SMILES string of the molecule is Cc1ccc2oc(C(=O)Nc3ccc(I)cn3)cc2c1. The molecular weight excluding hydrogens is 367 g/mol. The molecule has 3 rings (SSSR count). The van der Waals surface area contributed by atoms with Gasteiger partial charge in [-0.2, -0.15) is 0 Å². The Bertz CT molecular complexity index is 778. The molecule has 0 unspecified atom stereocenters. The van der Waals surface area contributed by atoms with Crippen LogP contribution in [-0.2, 0) is 0 Å². The predicted octanol–water partition coefficient (Wildman–Crippen LogP) is 3.99. The number of rotatable bonds is 2. The van der Waals surface area contributed by atoms with Crippen molar-refractivity contribution < 1.29 is 9.21 Å². The molecule has 100 valence electrons. The minimum atomic E-state index is -0.299. The maximum absolute atomic E-state index is 12.1. The summed E-state index contributed by atoms with van der Waals surface area (Å²) in [4.78, 5) is 16.2. The monoisotopic (exact) mass is 378 g/mol. The number of anilines is 1. The van der Waals surface area contributed by atoms with Crippen molar-refractivity contribution in [2.75, 3.05) is 5.32 Å². The number of furan rings is 1.